The van der Waals surface area contributed by atoms with Crippen molar-refractivity contribution in [2.45, 2.75) is 13.3 Å². The topological polar surface area (TPSA) is 66.9 Å². The molecule has 1 aromatic heterocycles. The Kier molecular flexibility index (Phi) is 5.68. The number of hydrogen-bond donors (Lipinski definition) is 0. The number of ether oxygens (including phenoxy) is 4. The highest BCUT2D eigenvalue weighted by Crippen LogP contribution is 2.37. The summed E-state index contributed by atoms with van der Waals surface area (Å²) in [5.74, 6) is 2.36. The predicted octanol–water partition coefficient (Wildman–Crippen LogP) is 4.06. The summed E-state index contributed by atoms with van der Waals surface area (Å²) in [4.78, 5) is 16.8. The van der Waals surface area contributed by atoms with E-state index in [4.69, 9.17) is 18.9 Å². The summed E-state index contributed by atoms with van der Waals surface area (Å²) in [6, 6.07) is 9.24. The third kappa shape index (κ3) is 3.45. The lowest BCUT2D eigenvalue weighted by Crippen LogP contribution is -2.05. The molecule has 0 aliphatic heterocycles. The number of benzene rings is 2. The first-order valence-corrected chi connectivity index (χ1v) is 8.78. The standard InChI is InChI=1S/C22H23NO5/c1-13(24)17-12-21(27-4)20(26-3)11-14(17)10-18-15-6-7-19(25-2)22(28-5)16(15)8-9-23-18/h6-9,11-12H,10H2,1-5H3. The molecule has 0 amide bonds. The number of fused-ring (bicyclic) bond motifs is 1. The lowest BCUT2D eigenvalue weighted by atomic mass is 9.96. The molecule has 3 aromatic rings. The van der Waals surface area contributed by atoms with Crippen LogP contribution in [-0.4, -0.2) is 39.2 Å². The molecular weight excluding hydrogens is 358 g/mol. The lowest BCUT2D eigenvalue weighted by Gasteiger charge is -2.15. The fourth-order valence-electron chi connectivity index (χ4n) is 3.36. The molecule has 28 heavy (non-hydrogen) atoms. The van der Waals surface area contributed by atoms with Crippen LogP contribution in [0.3, 0.4) is 0 Å². The van der Waals surface area contributed by atoms with Crippen LogP contribution in [0.1, 0.15) is 28.5 Å². The zero-order chi connectivity index (χ0) is 20.3. The molecule has 0 aliphatic carbocycles. The number of hydrogen-bond acceptors (Lipinski definition) is 6. The molecule has 1 heterocycles. The maximum absolute atomic E-state index is 12.2. The summed E-state index contributed by atoms with van der Waals surface area (Å²) in [5.41, 5.74) is 2.23. The summed E-state index contributed by atoms with van der Waals surface area (Å²) in [7, 11) is 6.34. The van der Waals surface area contributed by atoms with Crippen LogP contribution >= 0.6 is 0 Å². The molecular formula is C22H23NO5. The average Bonchev–Trinajstić information content (AvgIpc) is 2.72. The van der Waals surface area contributed by atoms with E-state index in [0.717, 1.165) is 22.0 Å². The molecule has 6 heteroatoms. The number of Topliss-reactive ketones (excluding diaryl/α,β-unsaturated/α-hetero) is 1. The molecule has 146 valence electrons. The highest BCUT2D eigenvalue weighted by atomic mass is 16.5. The quantitative estimate of drug-likeness (QED) is 0.575. The minimum atomic E-state index is -0.0459. The van der Waals surface area contributed by atoms with E-state index in [2.05, 4.69) is 4.98 Å². The van der Waals surface area contributed by atoms with Gasteiger partial charge in [0.15, 0.2) is 28.8 Å². The average molecular weight is 381 g/mol. The zero-order valence-electron chi connectivity index (χ0n) is 16.7. The van der Waals surface area contributed by atoms with Crippen LogP contribution in [0, 0.1) is 0 Å². The Bertz CT molecular complexity index is 1030. The van der Waals surface area contributed by atoms with Crippen LogP contribution in [-0.2, 0) is 6.42 Å². The Labute approximate surface area is 164 Å². The van der Waals surface area contributed by atoms with Crippen molar-refractivity contribution < 1.29 is 23.7 Å². The minimum Gasteiger partial charge on any atom is -0.493 e. The van der Waals surface area contributed by atoms with Crippen molar-refractivity contribution in [3.05, 3.63) is 53.3 Å². The van der Waals surface area contributed by atoms with Gasteiger partial charge in [-0.2, -0.15) is 0 Å². The third-order valence-corrected chi connectivity index (χ3v) is 4.71. The van der Waals surface area contributed by atoms with E-state index in [0.29, 0.717) is 35.0 Å². The maximum atomic E-state index is 12.2. The Morgan fingerprint density at radius 1 is 0.857 bits per heavy atom. The molecule has 0 N–H and O–H groups in total. The van der Waals surface area contributed by atoms with Crippen LogP contribution in [0.15, 0.2) is 36.5 Å². The summed E-state index contributed by atoms with van der Waals surface area (Å²) in [6.07, 6.45) is 2.19. The monoisotopic (exact) mass is 381 g/mol. The predicted molar refractivity (Wildman–Crippen MR) is 107 cm³/mol. The molecule has 0 unspecified atom stereocenters. The van der Waals surface area contributed by atoms with Crippen LogP contribution in [0.25, 0.3) is 10.8 Å². The smallest absolute Gasteiger partial charge is 0.168 e. The zero-order valence-corrected chi connectivity index (χ0v) is 16.7. The number of ketones is 1. The molecule has 6 nitrogen and oxygen atoms in total. The molecule has 0 saturated carbocycles. The van der Waals surface area contributed by atoms with Crippen molar-refractivity contribution in [3.8, 4) is 23.0 Å². The van der Waals surface area contributed by atoms with Crippen molar-refractivity contribution >= 4 is 16.6 Å². The second-order valence-corrected chi connectivity index (χ2v) is 6.25. The highest BCUT2D eigenvalue weighted by molar-refractivity contribution is 5.97. The summed E-state index contributed by atoms with van der Waals surface area (Å²) in [5, 5.41) is 1.83. The van der Waals surface area contributed by atoms with Crippen LogP contribution in [0.4, 0.5) is 0 Å². The largest absolute Gasteiger partial charge is 0.493 e. The van der Waals surface area contributed by atoms with E-state index < -0.39 is 0 Å². The van der Waals surface area contributed by atoms with E-state index in [9.17, 15) is 4.79 Å². The summed E-state index contributed by atoms with van der Waals surface area (Å²) >= 11 is 0. The first-order chi connectivity index (χ1) is 13.5. The fraction of sp³-hybridized carbons (Fsp3) is 0.273. The number of pyridine rings is 1. The van der Waals surface area contributed by atoms with Gasteiger partial charge in [-0.05, 0) is 42.8 Å². The fourth-order valence-corrected chi connectivity index (χ4v) is 3.36. The third-order valence-electron chi connectivity index (χ3n) is 4.71. The maximum Gasteiger partial charge on any atom is 0.168 e. The van der Waals surface area contributed by atoms with Gasteiger partial charge in [-0.15, -0.1) is 0 Å². The first-order valence-electron chi connectivity index (χ1n) is 8.78. The Morgan fingerprint density at radius 2 is 1.54 bits per heavy atom. The van der Waals surface area contributed by atoms with E-state index in [1.807, 2.05) is 24.3 Å². The van der Waals surface area contributed by atoms with E-state index in [1.165, 1.54) is 6.92 Å². The van der Waals surface area contributed by atoms with Crippen molar-refractivity contribution in [1.29, 1.82) is 0 Å². The number of rotatable bonds is 7. The van der Waals surface area contributed by atoms with Gasteiger partial charge in [0.25, 0.3) is 0 Å². The van der Waals surface area contributed by atoms with Gasteiger partial charge < -0.3 is 18.9 Å². The normalized spacial score (nSPS) is 10.6. The molecule has 3 rings (SSSR count). The van der Waals surface area contributed by atoms with E-state index in [-0.39, 0.29) is 5.78 Å². The Balaban J connectivity index is 2.16. The van der Waals surface area contributed by atoms with Gasteiger partial charge in [0.1, 0.15) is 0 Å². The molecule has 0 fully saturated rings. The van der Waals surface area contributed by atoms with Crippen LogP contribution in [0.5, 0.6) is 23.0 Å². The van der Waals surface area contributed by atoms with Gasteiger partial charge in [0, 0.05) is 29.0 Å². The van der Waals surface area contributed by atoms with Gasteiger partial charge >= 0.3 is 0 Å². The molecule has 2 aromatic carbocycles. The molecule has 0 saturated heterocycles. The summed E-state index contributed by atoms with van der Waals surface area (Å²) < 4.78 is 21.7. The van der Waals surface area contributed by atoms with Gasteiger partial charge in [-0.3, -0.25) is 9.78 Å². The molecule has 0 spiro atoms. The molecule has 0 aliphatic rings. The van der Waals surface area contributed by atoms with Gasteiger partial charge in [-0.25, -0.2) is 0 Å². The second-order valence-electron chi connectivity index (χ2n) is 6.25. The Hall–Kier alpha value is -3.28. The highest BCUT2D eigenvalue weighted by Gasteiger charge is 2.17. The van der Waals surface area contributed by atoms with Gasteiger partial charge in [0.05, 0.1) is 34.1 Å². The molecule has 0 atom stereocenters. The first kappa shape index (κ1) is 19.5. The van der Waals surface area contributed by atoms with Crippen molar-refractivity contribution in [2.24, 2.45) is 0 Å². The van der Waals surface area contributed by atoms with Crippen molar-refractivity contribution in [1.82, 2.24) is 4.98 Å². The van der Waals surface area contributed by atoms with Gasteiger partial charge in [0.2, 0.25) is 0 Å². The van der Waals surface area contributed by atoms with E-state index in [1.54, 1.807) is 40.7 Å². The number of carbonyl (C=O) groups is 1. The Morgan fingerprint density at radius 3 is 2.14 bits per heavy atom. The van der Waals surface area contributed by atoms with Gasteiger partial charge in [-0.1, -0.05) is 0 Å². The minimum absolute atomic E-state index is 0.0459. The number of carbonyl (C=O) groups excluding carboxylic acids is 1. The van der Waals surface area contributed by atoms with Crippen LogP contribution in [0.2, 0.25) is 0 Å². The lowest BCUT2D eigenvalue weighted by molar-refractivity contribution is 0.101. The molecule has 0 radical (unpaired) electrons. The molecule has 0 bridgehead atoms. The number of aromatic nitrogens is 1. The van der Waals surface area contributed by atoms with Crippen molar-refractivity contribution in [2.75, 3.05) is 28.4 Å². The van der Waals surface area contributed by atoms with Crippen LogP contribution < -0.4 is 18.9 Å². The SMILES string of the molecule is COc1cc(Cc2nccc3c(OC)c(OC)ccc23)c(C(C)=O)cc1OC. The summed E-state index contributed by atoms with van der Waals surface area (Å²) in [6.45, 7) is 1.54. The second kappa shape index (κ2) is 8.17. The number of methoxy groups -OCH3 is 4. The number of nitrogens with zero attached hydrogens (tertiary/aromatic N) is 1. The van der Waals surface area contributed by atoms with E-state index >= 15 is 0 Å². The van der Waals surface area contributed by atoms with Crippen molar-refractivity contribution in [3.63, 3.8) is 0 Å².